The van der Waals surface area contributed by atoms with Crippen LogP contribution in [0.2, 0.25) is 0 Å². The zero-order valence-electron chi connectivity index (χ0n) is 12.1. The van der Waals surface area contributed by atoms with E-state index in [1.54, 1.807) is 4.90 Å². The Morgan fingerprint density at radius 3 is 2.45 bits per heavy atom. The van der Waals surface area contributed by atoms with Crippen molar-refractivity contribution in [3.8, 4) is 5.75 Å². The van der Waals surface area contributed by atoms with Crippen LogP contribution in [-0.2, 0) is 17.6 Å². The highest BCUT2D eigenvalue weighted by atomic mass is 127. The van der Waals surface area contributed by atoms with Crippen LogP contribution in [-0.4, -0.2) is 29.7 Å². The van der Waals surface area contributed by atoms with Gasteiger partial charge in [-0.25, -0.2) is 4.79 Å². The number of carbonyl (C=O) groups is 1. The zero-order chi connectivity index (χ0) is 14.8. The van der Waals surface area contributed by atoms with E-state index in [0.29, 0.717) is 13.1 Å². The predicted octanol–water partition coefficient (Wildman–Crippen LogP) is 3.75. The molecule has 1 aliphatic rings. The number of ether oxygens (including phenoxy) is 1. The molecule has 0 unspecified atom stereocenters. The van der Waals surface area contributed by atoms with Crippen LogP contribution in [0.4, 0.5) is 4.79 Å². The number of fused-ring (bicyclic) bond motifs is 1. The monoisotopic (exact) mass is 389 g/mol. The topological polar surface area (TPSA) is 38.8 Å². The van der Waals surface area contributed by atoms with Gasteiger partial charge < -0.3 is 12.7 Å². The molecule has 1 aromatic carbocycles. The van der Waals surface area contributed by atoms with E-state index in [-0.39, 0.29) is 6.09 Å². The molecular weight excluding hydrogens is 369 g/mol. The van der Waals surface area contributed by atoms with Crippen molar-refractivity contribution in [3.63, 3.8) is 0 Å². The number of rotatable bonds is 1. The predicted molar refractivity (Wildman–Crippen MR) is 86.3 cm³/mol. The summed E-state index contributed by atoms with van der Waals surface area (Å²) >= 11 is 1.88. The minimum absolute atomic E-state index is 0.226. The maximum Gasteiger partial charge on any atom is 0.410 e. The molecule has 1 aliphatic heterocycles. The largest absolute Gasteiger partial charge is 0.444 e. The molecule has 1 heterocycles. The molecule has 4 nitrogen and oxygen atoms in total. The normalized spacial score (nSPS) is 15.3. The van der Waals surface area contributed by atoms with E-state index in [2.05, 4.69) is 12.1 Å². The molecular formula is C15H20INO3. The van der Waals surface area contributed by atoms with Crippen LogP contribution in [0, 0.1) is 0 Å². The molecule has 0 fully saturated rings. The fourth-order valence-corrected chi connectivity index (χ4v) is 2.53. The van der Waals surface area contributed by atoms with Crippen molar-refractivity contribution < 1.29 is 12.6 Å². The summed E-state index contributed by atoms with van der Waals surface area (Å²) in [4.78, 5) is 13.9. The van der Waals surface area contributed by atoms with Gasteiger partial charge >= 0.3 is 6.09 Å². The standard InChI is InChI=1S/C15H20INO3/c1-15(2,3)19-14(18)17-8-6-11-4-5-13(20-16)10-12(11)7-9-17/h4-5,10H,6-9H2,1-3H3. The lowest BCUT2D eigenvalue weighted by atomic mass is 10.0. The summed E-state index contributed by atoms with van der Waals surface area (Å²) in [5, 5.41) is 0. The Labute approximate surface area is 134 Å². The van der Waals surface area contributed by atoms with Crippen molar-refractivity contribution in [1.29, 1.82) is 0 Å². The number of benzene rings is 1. The van der Waals surface area contributed by atoms with Gasteiger partial charge in [-0.2, -0.15) is 0 Å². The van der Waals surface area contributed by atoms with Gasteiger partial charge in [0.2, 0.25) is 0 Å². The maximum absolute atomic E-state index is 12.1. The molecule has 0 atom stereocenters. The van der Waals surface area contributed by atoms with Gasteiger partial charge in [0.1, 0.15) is 11.4 Å². The maximum atomic E-state index is 12.1. The molecule has 0 aliphatic carbocycles. The minimum atomic E-state index is -0.446. The Morgan fingerprint density at radius 2 is 1.85 bits per heavy atom. The number of amides is 1. The Bertz CT molecular complexity index is 496. The van der Waals surface area contributed by atoms with Crippen molar-refractivity contribution in [3.05, 3.63) is 29.3 Å². The molecule has 0 spiro atoms. The molecule has 20 heavy (non-hydrogen) atoms. The molecule has 0 bridgehead atoms. The van der Waals surface area contributed by atoms with Crippen molar-refractivity contribution >= 4 is 29.1 Å². The van der Waals surface area contributed by atoms with Gasteiger partial charge in [-0.15, -0.1) is 0 Å². The average molecular weight is 389 g/mol. The molecule has 0 aromatic heterocycles. The van der Waals surface area contributed by atoms with Crippen LogP contribution in [0.15, 0.2) is 18.2 Å². The number of hydrogen-bond donors (Lipinski definition) is 0. The smallest absolute Gasteiger partial charge is 0.410 e. The van der Waals surface area contributed by atoms with Crippen molar-refractivity contribution in [2.24, 2.45) is 0 Å². The summed E-state index contributed by atoms with van der Waals surface area (Å²) in [5.41, 5.74) is 2.09. The minimum Gasteiger partial charge on any atom is -0.444 e. The number of nitrogens with zero attached hydrogens (tertiary/aromatic N) is 1. The Morgan fingerprint density at radius 1 is 1.20 bits per heavy atom. The van der Waals surface area contributed by atoms with Crippen LogP contribution in [0.5, 0.6) is 5.75 Å². The SMILES string of the molecule is CC(C)(C)OC(=O)N1CCc2ccc(OI)cc2CC1. The first-order chi connectivity index (χ1) is 9.39. The second-order valence-corrected chi connectivity index (χ2v) is 6.42. The fourth-order valence-electron chi connectivity index (χ4n) is 2.26. The summed E-state index contributed by atoms with van der Waals surface area (Å²) in [6, 6.07) is 6.11. The highest BCUT2D eigenvalue weighted by Gasteiger charge is 2.24. The molecule has 5 heteroatoms. The summed E-state index contributed by atoms with van der Waals surface area (Å²) in [6.45, 7) is 7.06. The average Bonchev–Trinajstić information content (AvgIpc) is 2.58. The van der Waals surface area contributed by atoms with E-state index < -0.39 is 5.60 Å². The van der Waals surface area contributed by atoms with Crippen LogP contribution in [0.25, 0.3) is 0 Å². The Balaban J connectivity index is 2.06. The van der Waals surface area contributed by atoms with E-state index in [1.807, 2.05) is 49.8 Å². The highest BCUT2D eigenvalue weighted by Crippen LogP contribution is 2.23. The molecule has 0 N–H and O–H groups in total. The Kier molecular flexibility index (Phi) is 4.78. The lowest BCUT2D eigenvalue weighted by Gasteiger charge is -2.26. The van der Waals surface area contributed by atoms with Gasteiger partial charge in [0.25, 0.3) is 0 Å². The number of halogens is 1. The van der Waals surface area contributed by atoms with Crippen LogP contribution in [0.3, 0.4) is 0 Å². The van der Waals surface area contributed by atoms with Crippen LogP contribution < -0.4 is 3.07 Å². The Hall–Kier alpha value is -0.980. The van der Waals surface area contributed by atoms with E-state index in [1.165, 1.54) is 11.1 Å². The first-order valence-electron chi connectivity index (χ1n) is 6.77. The van der Waals surface area contributed by atoms with Gasteiger partial charge in [-0.1, -0.05) is 6.07 Å². The highest BCUT2D eigenvalue weighted by molar-refractivity contribution is 14.1. The number of hydrogen-bond acceptors (Lipinski definition) is 3. The molecule has 2 rings (SSSR count). The van der Waals surface area contributed by atoms with Crippen molar-refractivity contribution in [1.82, 2.24) is 4.90 Å². The van der Waals surface area contributed by atoms with Gasteiger partial charge in [0.05, 0.1) is 0 Å². The van der Waals surface area contributed by atoms with Crippen molar-refractivity contribution in [2.45, 2.75) is 39.2 Å². The van der Waals surface area contributed by atoms with Crippen molar-refractivity contribution in [2.75, 3.05) is 13.1 Å². The third-order valence-electron chi connectivity index (χ3n) is 3.22. The fraction of sp³-hybridized carbons (Fsp3) is 0.533. The number of carbonyl (C=O) groups excluding carboxylic acids is 1. The summed E-state index contributed by atoms with van der Waals surface area (Å²) in [7, 11) is 0. The molecule has 0 radical (unpaired) electrons. The molecule has 1 aromatic rings. The van der Waals surface area contributed by atoms with Gasteiger partial charge in [0, 0.05) is 13.1 Å². The molecule has 0 saturated carbocycles. The third kappa shape index (κ3) is 4.01. The van der Waals surface area contributed by atoms with Crippen LogP contribution >= 0.6 is 23.0 Å². The van der Waals surface area contributed by atoms with E-state index in [4.69, 9.17) is 7.80 Å². The second kappa shape index (κ2) is 6.20. The van der Waals surface area contributed by atoms with E-state index in [9.17, 15) is 4.79 Å². The van der Waals surface area contributed by atoms with E-state index >= 15 is 0 Å². The summed E-state index contributed by atoms with van der Waals surface area (Å²) in [6.07, 6.45) is 1.47. The lowest BCUT2D eigenvalue weighted by Crippen LogP contribution is -2.38. The van der Waals surface area contributed by atoms with E-state index in [0.717, 1.165) is 18.6 Å². The summed E-state index contributed by atoms with van der Waals surface area (Å²) < 4.78 is 10.7. The first-order valence-corrected chi connectivity index (χ1v) is 7.65. The zero-order valence-corrected chi connectivity index (χ0v) is 14.3. The molecule has 110 valence electrons. The lowest BCUT2D eigenvalue weighted by molar-refractivity contribution is 0.0258. The molecule has 1 amide bonds. The quantitative estimate of drug-likeness (QED) is 0.687. The molecule has 0 saturated heterocycles. The van der Waals surface area contributed by atoms with Gasteiger partial charge in [-0.3, -0.25) is 0 Å². The second-order valence-electron chi connectivity index (χ2n) is 5.98. The van der Waals surface area contributed by atoms with Crippen LogP contribution in [0.1, 0.15) is 31.9 Å². The van der Waals surface area contributed by atoms with Gasteiger partial charge in [0.15, 0.2) is 23.0 Å². The van der Waals surface area contributed by atoms with Gasteiger partial charge in [-0.05, 0) is 56.9 Å². The first kappa shape index (κ1) is 15.4. The summed E-state index contributed by atoms with van der Waals surface area (Å²) in [5.74, 6) is 0.857. The third-order valence-corrected chi connectivity index (χ3v) is 3.73.